The summed E-state index contributed by atoms with van der Waals surface area (Å²) in [6.07, 6.45) is 0.739. The summed E-state index contributed by atoms with van der Waals surface area (Å²) in [4.78, 5) is 26.5. The van der Waals surface area contributed by atoms with Crippen molar-refractivity contribution in [2.24, 2.45) is 5.92 Å². The SMILES string of the molecule is CCC(C)CN(CC(=O)N(Cc1ccccc1)Cc1cccs1)S(=O)(=O)c1ccc([N+](=O)[O-])cc1. The molecule has 0 aliphatic carbocycles. The van der Waals surface area contributed by atoms with Crippen molar-refractivity contribution in [1.29, 1.82) is 0 Å². The molecule has 3 rings (SSSR count). The molecule has 0 saturated carbocycles. The summed E-state index contributed by atoms with van der Waals surface area (Å²) in [6, 6.07) is 18.2. The Bertz CT molecular complexity index is 1210. The average molecular weight is 516 g/mol. The van der Waals surface area contributed by atoms with Crippen molar-refractivity contribution >= 4 is 33.0 Å². The Balaban J connectivity index is 1.88. The van der Waals surface area contributed by atoms with E-state index in [1.165, 1.54) is 27.8 Å². The maximum atomic E-state index is 13.5. The maximum absolute atomic E-state index is 13.5. The van der Waals surface area contributed by atoms with E-state index in [-0.39, 0.29) is 35.5 Å². The van der Waals surface area contributed by atoms with Gasteiger partial charge in [0.1, 0.15) is 0 Å². The van der Waals surface area contributed by atoms with E-state index >= 15 is 0 Å². The Morgan fingerprint density at radius 3 is 2.29 bits per heavy atom. The van der Waals surface area contributed by atoms with E-state index in [4.69, 9.17) is 0 Å². The molecule has 1 atom stereocenters. The summed E-state index contributed by atoms with van der Waals surface area (Å²) in [6.45, 7) is 4.46. The smallest absolute Gasteiger partial charge is 0.269 e. The fourth-order valence-corrected chi connectivity index (χ4v) is 5.72. The number of sulfonamides is 1. The van der Waals surface area contributed by atoms with Crippen LogP contribution in [0.5, 0.6) is 0 Å². The minimum Gasteiger partial charge on any atom is -0.332 e. The van der Waals surface area contributed by atoms with Gasteiger partial charge in [0.2, 0.25) is 15.9 Å². The van der Waals surface area contributed by atoms with Crippen molar-refractivity contribution in [2.75, 3.05) is 13.1 Å². The largest absolute Gasteiger partial charge is 0.332 e. The highest BCUT2D eigenvalue weighted by atomic mass is 32.2. The second-order valence-electron chi connectivity index (χ2n) is 8.38. The van der Waals surface area contributed by atoms with Crippen molar-refractivity contribution in [3.8, 4) is 0 Å². The average Bonchev–Trinajstić information content (AvgIpc) is 3.37. The van der Waals surface area contributed by atoms with Gasteiger partial charge in [0, 0.05) is 30.1 Å². The van der Waals surface area contributed by atoms with E-state index in [2.05, 4.69) is 0 Å². The Labute approximate surface area is 210 Å². The molecule has 186 valence electrons. The molecule has 0 aliphatic heterocycles. The molecule has 1 unspecified atom stereocenters. The van der Waals surface area contributed by atoms with E-state index in [0.29, 0.717) is 13.1 Å². The Hall–Kier alpha value is -3.08. The van der Waals surface area contributed by atoms with Crippen LogP contribution < -0.4 is 0 Å². The first-order valence-electron chi connectivity index (χ1n) is 11.3. The zero-order valence-corrected chi connectivity index (χ0v) is 21.4. The third-order valence-electron chi connectivity index (χ3n) is 5.70. The highest BCUT2D eigenvalue weighted by Crippen LogP contribution is 2.22. The predicted octanol–water partition coefficient (Wildman–Crippen LogP) is 4.92. The van der Waals surface area contributed by atoms with Crippen LogP contribution in [0.25, 0.3) is 0 Å². The number of benzene rings is 2. The minimum absolute atomic E-state index is 0.0236. The molecule has 0 saturated heterocycles. The first-order valence-corrected chi connectivity index (χ1v) is 13.6. The number of carbonyl (C=O) groups excluding carboxylic acids is 1. The zero-order valence-electron chi connectivity index (χ0n) is 19.7. The molecule has 0 radical (unpaired) electrons. The van der Waals surface area contributed by atoms with Crippen molar-refractivity contribution < 1.29 is 18.1 Å². The van der Waals surface area contributed by atoms with E-state index < -0.39 is 14.9 Å². The topological polar surface area (TPSA) is 101 Å². The monoisotopic (exact) mass is 515 g/mol. The lowest BCUT2D eigenvalue weighted by molar-refractivity contribution is -0.384. The van der Waals surface area contributed by atoms with Crippen molar-refractivity contribution in [2.45, 2.75) is 38.3 Å². The molecule has 0 fully saturated rings. The number of hydrogen-bond donors (Lipinski definition) is 0. The molecule has 0 aliphatic rings. The molecule has 8 nitrogen and oxygen atoms in total. The molecule has 10 heteroatoms. The Morgan fingerprint density at radius 2 is 1.71 bits per heavy atom. The summed E-state index contributed by atoms with van der Waals surface area (Å²) < 4.78 is 28.2. The number of amides is 1. The first-order chi connectivity index (χ1) is 16.7. The molecule has 1 aromatic heterocycles. The number of rotatable bonds is 12. The van der Waals surface area contributed by atoms with E-state index in [9.17, 15) is 23.3 Å². The van der Waals surface area contributed by atoms with Crippen LogP contribution in [-0.2, 0) is 27.9 Å². The number of thiophene rings is 1. The zero-order chi connectivity index (χ0) is 25.4. The summed E-state index contributed by atoms with van der Waals surface area (Å²) in [5, 5.41) is 12.9. The molecular weight excluding hydrogens is 486 g/mol. The number of nitrogens with zero attached hydrogens (tertiary/aromatic N) is 3. The van der Waals surface area contributed by atoms with Crippen LogP contribution in [-0.4, -0.2) is 41.5 Å². The van der Waals surface area contributed by atoms with Gasteiger partial charge in [0.05, 0.1) is 22.9 Å². The number of nitro benzene ring substituents is 1. The molecule has 0 N–H and O–H groups in total. The van der Waals surface area contributed by atoms with Crippen LogP contribution in [0.1, 0.15) is 30.7 Å². The quantitative estimate of drug-likeness (QED) is 0.252. The first kappa shape index (κ1) is 26.5. The van der Waals surface area contributed by atoms with Crippen LogP contribution in [0, 0.1) is 16.0 Å². The Morgan fingerprint density at radius 1 is 1.03 bits per heavy atom. The fraction of sp³-hybridized carbons (Fsp3) is 0.320. The van der Waals surface area contributed by atoms with Gasteiger partial charge in [-0.3, -0.25) is 14.9 Å². The van der Waals surface area contributed by atoms with Gasteiger partial charge in [-0.05, 0) is 35.1 Å². The number of nitro groups is 1. The standard InChI is InChI=1S/C25H29N3O5S2/c1-3-20(2)16-27(35(32,33)24-13-11-22(12-14-24)28(30)31)19-25(29)26(18-23-10-7-15-34-23)17-21-8-5-4-6-9-21/h4-15,20H,3,16-19H2,1-2H3. The van der Waals surface area contributed by atoms with E-state index in [1.54, 1.807) is 4.90 Å². The number of hydrogen-bond acceptors (Lipinski definition) is 6. The van der Waals surface area contributed by atoms with Gasteiger partial charge in [0.15, 0.2) is 0 Å². The summed E-state index contributed by atoms with van der Waals surface area (Å²) in [5.74, 6) is -0.286. The van der Waals surface area contributed by atoms with E-state index in [0.717, 1.165) is 29.0 Å². The van der Waals surface area contributed by atoms with Crippen molar-refractivity contribution in [1.82, 2.24) is 9.21 Å². The minimum atomic E-state index is -4.05. The van der Waals surface area contributed by atoms with Crippen LogP contribution in [0.15, 0.2) is 77.0 Å². The molecule has 1 heterocycles. The van der Waals surface area contributed by atoms with Gasteiger partial charge in [-0.1, -0.05) is 56.7 Å². The fourth-order valence-electron chi connectivity index (χ4n) is 3.49. The third kappa shape index (κ3) is 7.20. The number of non-ortho nitro benzene ring substituents is 1. The summed E-state index contributed by atoms with van der Waals surface area (Å²) in [7, 11) is -4.05. The highest BCUT2D eigenvalue weighted by molar-refractivity contribution is 7.89. The van der Waals surface area contributed by atoms with Gasteiger partial charge in [0.25, 0.3) is 5.69 Å². The lowest BCUT2D eigenvalue weighted by atomic mass is 10.1. The van der Waals surface area contributed by atoms with Gasteiger partial charge in [-0.2, -0.15) is 4.31 Å². The van der Waals surface area contributed by atoms with Crippen LogP contribution in [0.4, 0.5) is 5.69 Å². The second-order valence-corrected chi connectivity index (χ2v) is 11.3. The van der Waals surface area contributed by atoms with Gasteiger partial charge in [-0.15, -0.1) is 11.3 Å². The molecule has 3 aromatic rings. The summed E-state index contributed by atoms with van der Waals surface area (Å²) in [5.41, 5.74) is 0.752. The highest BCUT2D eigenvalue weighted by Gasteiger charge is 2.30. The molecule has 35 heavy (non-hydrogen) atoms. The lowest BCUT2D eigenvalue weighted by Gasteiger charge is -2.28. The normalized spacial score (nSPS) is 12.4. The maximum Gasteiger partial charge on any atom is 0.269 e. The van der Waals surface area contributed by atoms with Crippen molar-refractivity contribution in [3.05, 3.63) is 92.7 Å². The molecule has 0 bridgehead atoms. The van der Waals surface area contributed by atoms with Crippen LogP contribution >= 0.6 is 11.3 Å². The molecule has 1 amide bonds. The third-order valence-corrected chi connectivity index (χ3v) is 8.39. The molecule has 2 aromatic carbocycles. The van der Waals surface area contributed by atoms with Gasteiger partial charge < -0.3 is 4.90 Å². The predicted molar refractivity (Wildman–Crippen MR) is 136 cm³/mol. The molecule has 0 spiro atoms. The molecular formula is C25H29N3O5S2. The van der Waals surface area contributed by atoms with Gasteiger partial charge in [-0.25, -0.2) is 8.42 Å². The lowest BCUT2D eigenvalue weighted by Crippen LogP contribution is -2.44. The van der Waals surface area contributed by atoms with Crippen LogP contribution in [0.3, 0.4) is 0 Å². The van der Waals surface area contributed by atoms with Crippen LogP contribution in [0.2, 0.25) is 0 Å². The van der Waals surface area contributed by atoms with E-state index in [1.807, 2.05) is 61.7 Å². The second kappa shape index (κ2) is 12.1. The van der Waals surface area contributed by atoms with Crippen molar-refractivity contribution in [3.63, 3.8) is 0 Å². The summed E-state index contributed by atoms with van der Waals surface area (Å²) >= 11 is 1.54. The number of carbonyl (C=O) groups is 1. The van der Waals surface area contributed by atoms with Gasteiger partial charge >= 0.3 is 0 Å². The Kier molecular flexibility index (Phi) is 9.13.